The third-order valence-electron chi connectivity index (χ3n) is 5.35. The number of imidazole rings is 1. The van der Waals surface area contributed by atoms with Crippen LogP contribution >= 0.6 is 0 Å². The highest BCUT2D eigenvalue weighted by Crippen LogP contribution is 2.28. The van der Waals surface area contributed by atoms with E-state index in [0.29, 0.717) is 32.8 Å². The summed E-state index contributed by atoms with van der Waals surface area (Å²) < 4.78 is 19.0. The number of anilines is 1. The Morgan fingerprint density at radius 1 is 1.14 bits per heavy atom. The summed E-state index contributed by atoms with van der Waals surface area (Å²) in [5.41, 5.74) is 1.48. The van der Waals surface area contributed by atoms with E-state index in [1.54, 1.807) is 18.9 Å². The lowest BCUT2D eigenvalue weighted by Gasteiger charge is -2.37. The molecule has 2 aliphatic rings. The quantitative estimate of drug-likeness (QED) is 0.661. The van der Waals surface area contributed by atoms with Crippen molar-refractivity contribution in [2.24, 2.45) is 0 Å². The first kappa shape index (κ1) is 18.5. The molecule has 0 amide bonds. The molecule has 10 heteroatoms. The highest BCUT2D eigenvalue weighted by molar-refractivity contribution is 5.83. The van der Waals surface area contributed by atoms with Crippen LogP contribution in [0.2, 0.25) is 0 Å². The van der Waals surface area contributed by atoms with E-state index in [1.165, 1.54) is 0 Å². The molecule has 2 aliphatic heterocycles. The molecule has 0 bridgehead atoms. The monoisotopic (exact) mass is 400 g/mol. The van der Waals surface area contributed by atoms with Crippen molar-refractivity contribution in [2.75, 3.05) is 50.9 Å². The van der Waals surface area contributed by atoms with Crippen LogP contribution in [0, 0.1) is 0 Å². The maximum Gasteiger partial charge on any atom is 0.167 e. The van der Waals surface area contributed by atoms with Gasteiger partial charge in [-0.15, -0.1) is 0 Å². The SMILES string of the molecule is OC[C@@H]1CN(Cc2ccco2)C[C@H](n2cnc3c(N4CCOCC4)ncnc32)O1. The third-order valence-corrected chi connectivity index (χ3v) is 5.35. The molecule has 0 saturated carbocycles. The second-order valence-electron chi connectivity index (χ2n) is 7.29. The third kappa shape index (κ3) is 3.71. The molecule has 2 fully saturated rings. The second-order valence-corrected chi connectivity index (χ2v) is 7.29. The summed E-state index contributed by atoms with van der Waals surface area (Å²) in [5, 5.41) is 9.73. The largest absolute Gasteiger partial charge is 0.468 e. The van der Waals surface area contributed by atoms with Crippen LogP contribution in [0.4, 0.5) is 5.82 Å². The summed E-state index contributed by atoms with van der Waals surface area (Å²) in [5.74, 6) is 1.70. The van der Waals surface area contributed by atoms with E-state index < -0.39 is 0 Å². The molecule has 5 heterocycles. The van der Waals surface area contributed by atoms with Gasteiger partial charge in [0.05, 0.1) is 45.1 Å². The number of furan rings is 1. The van der Waals surface area contributed by atoms with Gasteiger partial charge in [-0.05, 0) is 12.1 Å². The van der Waals surface area contributed by atoms with Crippen molar-refractivity contribution in [2.45, 2.75) is 18.9 Å². The smallest absolute Gasteiger partial charge is 0.167 e. The van der Waals surface area contributed by atoms with Gasteiger partial charge in [-0.3, -0.25) is 9.47 Å². The van der Waals surface area contributed by atoms with Gasteiger partial charge in [0.25, 0.3) is 0 Å². The first-order chi connectivity index (χ1) is 14.3. The molecular formula is C19H24N6O4. The molecule has 2 saturated heterocycles. The normalized spacial score (nSPS) is 23.7. The summed E-state index contributed by atoms with van der Waals surface area (Å²) in [6.45, 7) is 4.80. The summed E-state index contributed by atoms with van der Waals surface area (Å²) in [6.07, 6.45) is 4.39. The maximum absolute atomic E-state index is 9.73. The van der Waals surface area contributed by atoms with Crippen LogP contribution in [-0.2, 0) is 16.0 Å². The molecule has 154 valence electrons. The van der Waals surface area contributed by atoms with Crippen LogP contribution in [0.25, 0.3) is 11.2 Å². The summed E-state index contributed by atoms with van der Waals surface area (Å²) in [6, 6.07) is 3.83. The van der Waals surface area contributed by atoms with Crippen LogP contribution < -0.4 is 4.90 Å². The number of aliphatic hydroxyl groups is 1. The van der Waals surface area contributed by atoms with E-state index >= 15 is 0 Å². The maximum atomic E-state index is 9.73. The number of fused-ring (bicyclic) bond motifs is 1. The van der Waals surface area contributed by atoms with Gasteiger partial charge in [-0.2, -0.15) is 0 Å². The van der Waals surface area contributed by atoms with Crippen molar-refractivity contribution in [3.05, 3.63) is 36.8 Å². The Kier molecular flexibility index (Phi) is 5.15. The first-order valence-corrected chi connectivity index (χ1v) is 9.83. The number of aromatic nitrogens is 4. The number of nitrogens with zero attached hydrogens (tertiary/aromatic N) is 6. The number of ether oxygens (including phenoxy) is 2. The zero-order valence-corrected chi connectivity index (χ0v) is 16.1. The van der Waals surface area contributed by atoms with Crippen molar-refractivity contribution >= 4 is 17.0 Å². The van der Waals surface area contributed by atoms with E-state index in [9.17, 15) is 5.11 Å². The number of rotatable bonds is 5. The van der Waals surface area contributed by atoms with E-state index in [4.69, 9.17) is 13.9 Å². The molecule has 10 nitrogen and oxygen atoms in total. The van der Waals surface area contributed by atoms with Crippen LogP contribution in [0.3, 0.4) is 0 Å². The Hall–Kier alpha value is -2.53. The van der Waals surface area contributed by atoms with E-state index in [2.05, 4.69) is 24.8 Å². The van der Waals surface area contributed by atoms with E-state index in [0.717, 1.165) is 35.8 Å². The van der Waals surface area contributed by atoms with Crippen LogP contribution in [0.1, 0.15) is 12.0 Å². The van der Waals surface area contributed by atoms with Gasteiger partial charge in [0.15, 0.2) is 17.0 Å². The average molecular weight is 400 g/mol. The van der Waals surface area contributed by atoms with E-state index in [-0.39, 0.29) is 18.9 Å². The van der Waals surface area contributed by atoms with Crippen molar-refractivity contribution in [1.29, 1.82) is 0 Å². The predicted octanol–water partition coefficient (Wildman–Crippen LogP) is 0.648. The topological polar surface area (TPSA) is 102 Å². The lowest BCUT2D eigenvalue weighted by atomic mass is 10.2. The molecule has 3 aromatic rings. The highest BCUT2D eigenvalue weighted by atomic mass is 16.5. The molecule has 0 radical (unpaired) electrons. The minimum atomic E-state index is -0.312. The molecule has 0 aliphatic carbocycles. The zero-order chi connectivity index (χ0) is 19.6. The Morgan fingerprint density at radius 3 is 2.83 bits per heavy atom. The van der Waals surface area contributed by atoms with Crippen LogP contribution in [-0.4, -0.2) is 81.6 Å². The average Bonchev–Trinajstić information content (AvgIpc) is 3.43. The first-order valence-electron chi connectivity index (χ1n) is 9.83. The Bertz CT molecular complexity index is 939. The number of morpholine rings is 2. The Morgan fingerprint density at radius 2 is 2.03 bits per heavy atom. The fourth-order valence-corrected chi connectivity index (χ4v) is 3.95. The summed E-state index contributed by atoms with van der Waals surface area (Å²) in [7, 11) is 0. The van der Waals surface area contributed by atoms with Gasteiger partial charge in [0.2, 0.25) is 0 Å². The lowest BCUT2D eigenvalue weighted by Crippen LogP contribution is -2.46. The molecule has 0 aromatic carbocycles. The molecular weight excluding hydrogens is 376 g/mol. The second kappa shape index (κ2) is 8.07. The number of hydrogen-bond acceptors (Lipinski definition) is 9. The van der Waals surface area contributed by atoms with Gasteiger partial charge in [-0.25, -0.2) is 15.0 Å². The molecule has 0 unspecified atom stereocenters. The highest BCUT2D eigenvalue weighted by Gasteiger charge is 2.31. The molecule has 1 N–H and O–H groups in total. The van der Waals surface area contributed by atoms with Crippen LogP contribution in [0.5, 0.6) is 0 Å². The minimum Gasteiger partial charge on any atom is -0.468 e. The minimum absolute atomic E-state index is 0.0498. The van der Waals surface area contributed by atoms with Gasteiger partial charge < -0.3 is 23.9 Å². The Labute approximate surface area is 167 Å². The standard InChI is InChI=1S/C19H24N6O4/c26-11-15-9-23(8-14-2-1-5-28-14)10-16(29-15)25-13-22-17-18(20-12-21-19(17)25)24-3-6-27-7-4-24/h1-2,5,12-13,15-16,26H,3-4,6-11H2/t15-,16+/m0/s1. The summed E-state index contributed by atoms with van der Waals surface area (Å²) in [4.78, 5) is 17.9. The van der Waals surface area contributed by atoms with Crippen molar-refractivity contribution in [3.63, 3.8) is 0 Å². The molecule has 2 atom stereocenters. The summed E-state index contributed by atoms with van der Waals surface area (Å²) >= 11 is 0. The van der Waals surface area contributed by atoms with Crippen molar-refractivity contribution in [1.82, 2.24) is 24.4 Å². The molecule has 0 spiro atoms. The van der Waals surface area contributed by atoms with Crippen molar-refractivity contribution in [3.8, 4) is 0 Å². The lowest BCUT2D eigenvalue weighted by molar-refractivity contribution is -0.136. The number of hydrogen-bond donors (Lipinski definition) is 1. The van der Waals surface area contributed by atoms with Crippen LogP contribution in [0.15, 0.2) is 35.5 Å². The molecule has 3 aromatic heterocycles. The Balaban J connectivity index is 1.43. The van der Waals surface area contributed by atoms with Gasteiger partial charge in [-0.1, -0.05) is 0 Å². The molecule has 29 heavy (non-hydrogen) atoms. The van der Waals surface area contributed by atoms with E-state index in [1.807, 2.05) is 16.7 Å². The predicted molar refractivity (Wildman–Crippen MR) is 103 cm³/mol. The number of aliphatic hydroxyl groups excluding tert-OH is 1. The zero-order valence-electron chi connectivity index (χ0n) is 16.1. The molecule has 5 rings (SSSR count). The van der Waals surface area contributed by atoms with Gasteiger partial charge in [0.1, 0.15) is 18.3 Å². The fourth-order valence-electron chi connectivity index (χ4n) is 3.95. The van der Waals surface area contributed by atoms with Gasteiger partial charge >= 0.3 is 0 Å². The fraction of sp³-hybridized carbons (Fsp3) is 0.526. The van der Waals surface area contributed by atoms with Crippen molar-refractivity contribution < 1.29 is 19.0 Å². The van der Waals surface area contributed by atoms with Gasteiger partial charge in [0, 0.05) is 26.2 Å².